The molecule has 0 bridgehead atoms. The second-order valence-corrected chi connectivity index (χ2v) is 8.67. The highest BCUT2D eigenvalue weighted by molar-refractivity contribution is 5.85. The first-order valence-corrected chi connectivity index (χ1v) is 11.1. The molecule has 1 aliphatic rings. The Hall–Kier alpha value is -3.81. The molecule has 1 saturated heterocycles. The van der Waals surface area contributed by atoms with Crippen LogP contribution in [0.5, 0.6) is 0 Å². The van der Waals surface area contributed by atoms with E-state index < -0.39 is 5.41 Å². The van der Waals surface area contributed by atoms with Gasteiger partial charge < -0.3 is 9.64 Å². The van der Waals surface area contributed by atoms with Gasteiger partial charge in [-0.1, -0.05) is 30.3 Å². The van der Waals surface area contributed by atoms with Gasteiger partial charge in [-0.3, -0.25) is 9.89 Å². The Morgan fingerprint density at radius 1 is 1.21 bits per heavy atom. The van der Waals surface area contributed by atoms with Gasteiger partial charge in [0.15, 0.2) is 11.6 Å². The quantitative estimate of drug-likeness (QED) is 0.471. The van der Waals surface area contributed by atoms with Crippen molar-refractivity contribution in [1.82, 2.24) is 25.4 Å². The molecule has 0 aliphatic carbocycles. The van der Waals surface area contributed by atoms with Gasteiger partial charge >= 0.3 is 5.97 Å². The number of carbonyl (C=O) groups excluding carboxylic acids is 1. The standard InChI is InChI=1S/C25H26N6O2/c1-17-20-13-19(9-10-21(20)29-28-17)23-27-22(15-26-30-23)31-12-6-11-25(16-31,24(32)33-2)14-18-7-4-3-5-8-18/h3-5,7-10,13,15H,6,11-12,14,16H2,1-2H3,(H,28,29). The fourth-order valence-corrected chi connectivity index (χ4v) is 4.77. The van der Waals surface area contributed by atoms with Gasteiger partial charge in [-0.2, -0.15) is 10.2 Å². The fraction of sp³-hybridized carbons (Fsp3) is 0.320. The summed E-state index contributed by atoms with van der Waals surface area (Å²) in [5.74, 6) is 1.08. The Labute approximate surface area is 192 Å². The average molecular weight is 443 g/mol. The third-order valence-electron chi connectivity index (χ3n) is 6.46. The first kappa shape index (κ1) is 21.1. The molecule has 168 valence electrons. The number of carbonyl (C=O) groups is 1. The van der Waals surface area contributed by atoms with E-state index in [-0.39, 0.29) is 5.97 Å². The number of rotatable bonds is 5. The zero-order valence-electron chi connectivity index (χ0n) is 18.8. The van der Waals surface area contributed by atoms with Crippen LogP contribution in [0.25, 0.3) is 22.3 Å². The number of hydrogen-bond donors (Lipinski definition) is 1. The lowest BCUT2D eigenvalue weighted by molar-refractivity contribution is -0.153. The summed E-state index contributed by atoms with van der Waals surface area (Å²) in [7, 11) is 1.46. The van der Waals surface area contributed by atoms with E-state index in [4.69, 9.17) is 9.72 Å². The molecule has 4 aromatic rings. The summed E-state index contributed by atoms with van der Waals surface area (Å²) in [4.78, 5) is 19.9. The summed E-state index contributed by atoms with van der Waals surface area (Å²) >= 11 is 0. The number of anilines is 1. The number of fused-ring (bicyclic) bond motifs is 1. The number of nitrogens with one attached hydrogen (secondary N) is 1. The Kier molecular flexibility index (Phi) is 5.50. The maximum absolute atomic E-state index is 13.0. The largest absolute Gasteiger partial charge is 0.469 e. The van der Waals surface area contributed by atoms with E-state index >= 15 is 0 Å². The van der Waals surface area contributed by atoms with Crippen molar-refractivity contribution >= 4 is 22.7 Å². The van der Waals surface area contributed by atoms with E-state index in [2.05, 4.69) is 37.4 Å². The molecule has 8 nitrogen and oxygen atoms in total. The SMILES string of the molecule is COC(=O)C1(Cc2ccccc2)CCCN(c2cnnc(-c3ccc4[nH]nc(C)c4c3)n2)C1. The first-order valence-electron chi connectivity index (χ1n) is 11.1. The molecule has 1 N–H and O–H groups in total. The average Bonchev–Trinajstić information content (AvgIpc) is 3.24. The number of ether oxygens (including phenoxy) is 1. The third-order valence-corrected chi connectivity index (χ3v) is 6.46. The summed E-state index contributed by atoms with van der Waals surface area (Å²) in [6, 6.07) is 16.1. The highest BCUT2D eigenvalue weighted by Gasteiger charge is 2.44. The zero-order valence-corrected chi connectivity index (χ0v) is 18.8. The summed E-state index contributed by atoms with van der Waals surface area (Å²) in [5, 5.41) is 16.8. The summed E-state index contributed by atoms with van der Waals surface area (Å²) in [6.07, 6.45) is 3.92. The first-order chi connectivity index (χ1) is 16.1. The minimum atomic E-state index is -0.633. The van der Waals surface area contributed by atoms with Crippen LogP contribution < -0.4 is 4.90 Å². The van der Waals surface area contributed by atoms with Gasteiger partial charge in [-0.05, 0) is 49.9 Å². The highest BCUT2D eigenvalue weighted by Crippen LogP contribution is 2.37. The van der Waals surface area contributed by atoms with Gasteiger partial charge in [0.05, 0.1) is 29.9 Å². The lowest BCUT2D eigenvalue weighted by atomic mass is 9.75. The summed E-state index contributed by atoms with van der Waals surface area (Å²) in [6.45, 7) is 3.28. The Balaban J connectivity index is 1.46. The van der Waals surface area contributed by atoms with Crippen LogP contribution in [-0.2, 0) is 16.0 Å². The normalized spacial score (nSPS) is 18.4. The molecule has 3 heterocycles. The number of aromatic amines is 1. The van der Waals surface area contributed by atoms with E-state index in [0.717, 1.165) is 47.1 Å². The van der Waals surface area contributed by atoms with Crippen molar-refractivity contribution in [2.45, 2.75) is 26.2 Å². The van der Waals surface area contributed by atoms with Crippen molar-refractivity contribution in [3.05, 3.63) is 66.0 Å². The Morgan fingerprint density at radius 3 is 2.88 bits per heavy atom. The van der Waals surface area contributed by atoms with Crippen molar-refractivity contribution in [3.8, 4) is 11.4 Å². The molecule has 0 saturated carbocycles. The van der Waals surface area contributed by atoms with Gasteiger partial charge in [0.1, 0.15) is 0 Å². The Morgan fingerprint density at radius 2 is 2.06 bits per heavy atom. The smallest absolute Gasteiger partial charge is 0.313 e. The number of nitrogens with zero attached hydrogens (tertiary/aromatic N) is 5. The number of aryl methyl sites for hydroxylation is 1. The number of esters is 1. The molecule has 1 unspecified atom stereocenters. The molecule has 33 heavy (non-hydrogen) atoms. The van der Waals surface area contributed by atoms with E-state index in [1.807, 2.05) is 43.3 Å². The predicted octanol–water partition coefficient (Wildman–Crippen LogP) is 3.73. The minimum absolute atomic E-state index is 0.181. The van der Waals surface area contributed by atoms with E-state index in [1.165, 1.54) is 7.11 Å². The molecule has 0 radical (unpaired) electrons. The number of methoxy groups -OCH3 is 1. The molecular weight excluding hydrogens is 416 g/mol. The van der Waals surface area contributed by atoms with Crippen molar-refractivity contribution in [3.63, 3.8) is 0 Å². The number of piperidine rings is 1. The lowest BCUT2D eigenvalue weighted by Crippen LogP contribution is -2.50. The van der Waals surface area contributed by atoms with Gasteiger partial charge in [0, 0.05) is 24.0 Å². The molecule has 0 spiro atoms. The molecule has 0 amide bonds. The number of aromatic nitrogens is 5. The van der Waals surface area contributed by atoms with Crippen LogP contribution in [0.3, 0.4) is 0 Å². The summed E-state index contributed by atoms with van der Waals surface area (Å²) in [5.41, 5.74) is 3.26. The topological polar surface area (TPSA) is 96.9 Å². The van der Waals surface area contributed by atoms with Crippen molar-refractivity contribution in [2.24, 2.45) is 5.41 Å². The molecule has 5 rings (SSSR count). The number of hydrogen-bond acceptors (Lipinski definition) is 7. The van der Waals surface area contributed by atoms with Gasteiger partial charge in [-0.25, -0.2) is 4.98 Å². The molecule has 2 aromatic heterocycles. The van der Waals surface area contributed by atoms with Gasteiger partial charge in [-0.15, -0.1) is 5.10 Å². The molecule has 2 aromatic carbocycles. The molecule has 1 atom stereocenters. The van der Waals surface area contributed by atoms with Crippen LogP contribution >= 0.6 is 0 Å². The second kappa shape index (κ2) is 8.61. The number of benzene rings is 2. The lowest BCUT2D eigenvalue weighted by Gasteiger charge is -2.41. The van der Waals surface area contributed by atoms with Crippen LogP contribution in [0.2, 0.25) is 0 Å². The van der Waals surface area contributed by atoms with Gasteiger partial charge in [0.2, 0.25) is 0 Å². The number of H-pyrrole nitrogens is 1. The minimum Gasteiger partial charge on any atom is -0.469 e. The van der Waals surface area contributed by atoms with Gasteiger partial charge in [0.25, 0.3) is 0 Å². The maximum Gasteiger partial charge on any atom is 0.313 e. The van der Waals surface area contributed by atoms with Crippen LogP contribution in [0, 0.1) is 12.3 Å². The predicted molar refractivity (Wildman–Crippen MR) is 126 cm³/mol. The van der Waals surface area contributed by atoms with Crippen molar-refractivity contribution in [1.29, 1.82) is 0 Å². The van der Waals surface area contributed by atoms with Crippen LogP contribution in [-0.4, -0.2) is 51.5 Å². The fourth-order valence-electron chi connectivity index (χ4n) is 4.77. The molecular formula is C25H26N6O2. The van der Waals surface area contributed by atoms with E-state index in [9.17, 15) is 4.79 Å². The summed E-state index contributed by atoms with van der Waals surface area (Å²) < 4.78 is 5.26. The molecule has 8 heteroatoms. The molecule has 1 fully saturated rings. The van der Waals surface area contributed by atoms with Crippen LogP contribution in [0.15, 0.2) is 54.7 Å². The zero-order chi connectivity index (χ0) is 22.8. The third kappa shape index (κ3) is 4.04. The van der Waals surface area contributed by atoms with Crippen LogP contribution in [0.1, 0.15) is 24.1 Å². The van der Waals surface area contributed by atoms with Crippen molar-refractivity contribution < 1.29 is 9.53 Å². The monoisotopic (exact) mass is 442 g/mol. The van der Waals surface area contributed by atoms with E-state index in [1.54, 1.807) is 6.20 Å². The highest BCUT2D eigenvalue weighted by atomic mass is 16.5. The maximum atomic E-state index is 13.0. The van der Waals surface area contributed by atoms with Crippen LogP contribution in [0.4, 0.5) is 5.82 Å². The Bertz CT molecular complexity index is 1290. The second-order valence-electron chi connectivity index (χ2n) is 8.67. The molecule has 1 aliphatic heterocycles. The van der Waals surface area contributed by atoms with E-state index in [0.29, 0.717) is 24.6 Å². The van der Waals surface area contributed by atoms with Crippen molar-refractivity contribution in [2.75, 3.05) is 25.1 Å².